The molecule has 0 radical (unpaired) electrons. The van der Waals surface area contributed by atoms with Gasteiger partial charge in [0.25, 0.3) is 0 Å². The van der Waals surface area contributed by atoms with Crippen LogP contribution < -0.4 is 5.32 Å². The summed E-state index contributed by atoms with van der Waals surface area (Å²) in [4.78, 5) is 0. The first-order valence-electron chi connectivity index (χ1n) is 6.28. The van der Waals surface area contributed by atoms with Crippen LogP contribution in [0.1, 0.15) is 29.5 Å². The van der Waals surface area contributed by atoms with Crippen molar-refractivity contribution in [1.82, 2.24) is 5.32 Å². The van der Waals surface area contributed by atoms with Gasteiger partial charge in [-0.1, -0.05) is 11.6 Å². The Bertz CT molecular complexity index is 385. The maximum atomic E-state index is 10.2. The molecule has 0 aromatic heterocycles. The number of aryl methyl sites for hydroxylation is 1. The number of phenols is 1. The molecule has 2 rings (SSSR count). The summed E-state index contributed by atoms with van der Waals surface area (Å²) in [5.41, 5.74) is 2.96. The lowest BCUT2D eigenvalue weighted by atomic mass is 9.88. The molecule has 0 spiro atoms. The molecular weight excluding hydrogens is 234 g/mol. The van der Waals surface area contributed by atoms with Crippen molar-refractivity contribution >= 4 is 11.6 Å². The summed E-state index contributed by atoms with van der Waals surface area (Å²) >= 11 is 6.19. The first-order valence-corrected chi connectivity index (χ1v) is 6.65. The number of hydrogen-bond donors (Lipinski definition) is 2. The van der Waals surface area contributed by atoms with E-state index in [1.54, 1.807) is 0 Å². The predicted octanol–water partition coefficient (Wildman–Crippen LogP) is 3.20. The van der Waals surface area contributed by atoms with Crippen LogP contribution in [0, 0.1) is 19.8 Å². The molecule has 1 aromatic carbocycles. The molecule has 1 saturated heterocycles. The third-order valence-corrected chi connectivity index (χ3v) is 4.16. The molecule has 2 nitrogen and oxygen atoms in total. The second-order valence-electron chi connectivity index (χ2n) is 5.02. The zero-order valence-electron chi connectivity index (χ0n) is 10.5. The van der Waals surface area contributed by atoms with Crippen molar-refractivity contribution < 1.29 is 5.11 Å². The fourth-order valence-corrected chi connectivity index (χ4v) is 2.83. The Labute approximate surface area is 108 Å². The third kappa shape index (κ3) is 2.75. The van der Waals surface area contributed by atoms with Crippen LogP contribution in [0.15, 0.2) is 6.07 Å². The summed E-state index contributed by atoms with van der Waals surface area (Å²) in [6, 6.07) is 1.85. The van der Waals surface area contributed by atoms with E-state index in [-0.39, 0.29) is 0 Å². The van der Waals surface area contributed by atoms with Crippen LogP contribution in [0.3, 0.4) is 0 Å². The van der Waals surface area contributed by atoms with Crippen LogP contribution in [-0.4, -0.2) is 18.2 Å². The standard InChI is InChI=1S/C14H20ClNO/c1-9-7-13(15)10(2)12(14(9)17)8-11-3-5-16-6-4-11/h7,11,16-17H,3-6,8H2,1-2H3. The number of rotatable bonds is 2. The number of nitrogens with one attached hydrogen (secondary N) is 1. The van der Waals surface area contributed by atoms with Gasteiger partial charge in [-0.2, -0.15) is 0 Å². The molecule has 1 fully saturated rings. The highest BCUT2D eigenvalue weighted by Gasteiger charge is 2.18. The lowest BCUT2D eigenvalue weighted by Gasteiger charge is -2.24. The van der Waals surface area contributed by atoms with E-state index in [1.165, 1.54) is 12.8 Å². The van der Waals surface area contributed by atoms with E-state index in [9.17, 15) is 5.11 Å². The Hall–Kier alpha value is -0.730. The molecule has 0 aliphatic carbocycles. The Morgan fingerprint density at radius 3 is 2.65 bits per heavy atom. The molecule has 3 heteroatoms. The SMILES string of the molecule is Cc1cc(Cl)c(C)c(CC2CCNCC2)c1O. The summed E-state index contributed by atoms with van der Waals surface area (Å²) in [7, 11) is 0. The lowest BCUT2D eigenvalue weighted by molar-refractivity contribution is 0.365. The number of piperidine rings is 1. The van der Waals surface area contributed by atoms with Gasteiger partial charge >= 0.3 is 0 Å². The maximum absolute atomic E-state index is 10.2. The zero-order chi connectivity index (χ0) is 12.4. The molecule has 94 valence electrons. The van der Waals surface area contributed by atoms with Gasteiger partial charge in [0.2, 0.25) is 0 Å². The summed E-state index contributed by atoms with van der Waals surface area (Å²) < 4.78 is 0. The van der Waals surface area contributed by atoms with Gasteiger partial charge in [-0.15, -0.1) is 0 Å². The van der Waals surface area contributed by atoms with Crippen LogP contribution in [0.5, 0.6) is 5.75 Å². The number of phenolic OH excluding ortho intramolecular Hbond substituents is 1. The highest BCUT2D eigenvalue weighted by Crippen LogP contribution is 2.34. The van der Waals surface area contributed by atoms with Gasteiger partial charge in [-0.3, -0.25) is 0 Å². The van der Waals surface area contributed by atoms with E-state index in [2.05, 4.69) is 5.32 Å². The van der Waals surface area contributed by atoms with Crippen molar-refractivity contribution in [3.63, 3.8) is 0 Å². The van der Waals surface area contributed by atoms with E-state index in [4.69, 9.17) is 11.6 Å². The molecule has 0 bridgehead atoms. The van der Waals surface area contributed by atoms with Crippen molar-refractivity contribution in [2.24, 2.45) is 5.92 Å². The second kappa shape index (κ2) is 5.28. The average molecular weight is 254 g/mol. The van der Waals surface area contributed by atoms with Gasteiger partial charge in [0.1, 0.15) is 5.75 Å². The van der Waals surface area contributed by atoms with Crippen molar-refractivity contribution in [1.29, 1.82) is 0 Å². The fraction of sp³-hybridized carbons (Fsp3) is 0.571. The normalized spacial score (nSPS) is 17.4. The van der Waals surface area contributed by atoms with Crippen LogP contribution in [0.25, 0.3) is 0 Å². The van der Waals surface area contributed by atoms with E-state index in [1.807, 2.05) is 19.9 Å². The number of benzene rings is 1. The minimum Gasteiger partial charge on any atom is -0.507 e. The Kier molecular flexibility index (Phi) is 3.95. The van der Waals surface area contributed by atoms with Crippen LogP contribution >= 0.6 is 11.6 Å². The van der Waals surface area contributed by atoms with Crippen molar-refractivity contribution in [3.8, 4) is 5.75 Å². The largest absolute Gasteiger partial charge is 0.507 e. The Balaban J connectivity index is 2.24. The molecule has 1 aliphatic rings. The fourth-order valence-electron chi connectivity index (χ4n) is 2.55. The maximum Gasteiger partial charge on any atom is 0.122 e. The lowest BCUT2D eigenvalue weighted by Crippen LogP contribution is -2.28. The van der Waals surface area contributed by atoms with Gasteiger partial charge < -0.3 is 10.4 Å². The van der Waals surface area contributed by atoms with E-state index < -0.39 is 0 Å². The average Bonchev–Trinajstić information content (AvgIpc) is 2.33. The van der Waals surface area contributed by atoms with Crippen LogP contribution in [0.4, 0.5) is 0 Å². The molecule has 2 N–H and O–H groups in total. The summed E-state index contributed by atoms with van der Waals surface area (Å²) in [5, 5.41) is 14.3. The molecule has 1 aromatic rings. The summed E-state index contributed by atoms with van der Waals surface area (Å²) in [5.74, 6) is 1.10. The summed E-state index contributed by atoms with van der Waals surface area (Å²) in [6.07, 6.45) is 3.32. The minimum atomic E-state index is 0.436. The molecule has 0 atom stereocenters. The molecule has 0 saturated carbocycles. The Morgan fingerprint density at radius 2 is 2.00 bits per heavy atom. The van der Waals surface area contributed by atoms with Crippen molar-refractivity contribution in [2.75, 3.05) is 13.1 Å². The van der Waals surface area contributed by atoms with Crippen molar-refractivity contribution in [2.45, 2.75) is 33.1 Å². The number of aromatic hydroxyl groups is 1. The summed E-state index contributed by atoms with van der Waals surface area (Å²) in [6.45, 7) is 6.08. The molecular formula is C14H20ClNO. The highest BCUT2D eigenvalue weighted by molar-refractivity contribution is 6.31. The molecule has 0 amide bonds. The second-order valence-corrected chi connectivity index (χ2v) is 5.43. The quantitative estimate of drug-likeness (QED) is 0.848. The van der Waals surface area contributed by atoms with Gasteiger partial charge in [0.05, 0.1) is 0 Å². The van der Waals surface area contributed by atoms with Gasteiger partial charge in [0, 0.05) is 5.02 Å². The predicted molar refractivity (Wildman–Crippen MR) is 71.9 cm³/mol. The van der Waals surface area contributed by atoms with Gasteiger partial charge in [-0.05, 0) is 74.9 Å². The van der Waals surface area contributed by atoms with Gasteiger partial charge in [0.15, 0.2) is 0 Å². The topological polar surface area (TPSA) is 32.3 Å². The minimum absolute atomic E-state index is 0.436. The molecule has 0 unspecified atom stereocenters. The molecule has 1 aliphatic heterocycles. The number of hydrogen-bond acceptors (Lipinski definition) is 2. The first-order chi connectivity index (χ1) is 8.09. The first kappa shape index (κ1) is 12.7. The van der Waals surface area contributed by atoms with Gasteiger partial charge in [-0.25, -0.2) is 0 Å². The van der Waals surface area contributed by atoms with Crippen LogP contribution in [0.2, 0.25) is 5.02 Å². The number of halogens is 1. The molecule has 17 heavy (non-hydrogen) atoms. The van der Waals surface area contributed by atoms with Crippen LogP contribution in [-0.2, 0) is 6.42 Å². The zero-order valence-corrected chi connectivity index (χ0v) is 11.3. The van der Waals surface area contributed by atoms with E-state index in [0.717, 1.165) is 41.2 Å². The third-order valence-electron chi connectivity index (χ3n) is 3.77. The van der Waals surface area contributed by atoms with E-state index >= 15 is 0 Å². The van der Waals surface area contributed by atoms with Crippen molar-refractivity contribution in [3.05, 3.63) is 27.8 Å². The Morgan fingerprint density at radius 1 is 1.35 bits per heavy atom. The van der Waals surface area contributed by atoms with E-state index in [0.29, 0.717) is 11.7 Å². The monoisotopic (exact) mass is 253 g/mol. The smallest absolute Gasteiger partial charge is 0.122 e. The highest BCUT2D eigenvalue weighted by atomic mass is 35.5. The molecule has 1 heterocycles.